The Morgan fingerprint density at radius 1 is 0.970 bits per heavy atom. The summed E-state index contributed by atoms with van der Waals surface area (Å²) in [6, 6.07) is 17.6. The third kappa shape index (κ3) is 4.01. The lowest BCUT2D eigenvalue weighted by Crippen LogP contribution is -2.02. The molecule has 1 unspecified atom stereocenters. The number of rotatable bonds is 5. The van der Waals surface area contributed by atoms with E-state index < -0.39 is 0 Å². The molecule has 7 nitrogen and oxygen atoms in total. The molecule has 0 bridgehead atoms. The Hall–Kier alpha value is -4.26. The number of benzene rings is 3. The SMILES string of the molecule is COc1cccc(C=Cc2cccc(Oc3cc4nc(N)nc(N)c4c4c3C(C)CO4)c2)c1. The number of nitrogen functional groups attached to an aromatic ring is 2. The lowest BCUT2D eigenvalue weighted by molar-refractivity contribution is 0.340. The molecular weight excluding hydrogens is 416 g/mol. The van der Waals surface area contributed by atoms with Gasteiger partial charge in [0.2, 0.25) is 5.95 Å². The van der Waals surface area contributed by atoms with E-state index >= 15 is 0 Å². The number of aromatic nitrogens is 2. The maximum Gasteiger partial charge on any atom is 0.222 e. The molecule has 0 radical (unpaired) electrons. The van der Waals surface area contributed by atoms with Gasteiger partial charge in [-0.15, -0.1) is 0 Å². The van der Waals surface area contributed by atoms with Crippen LogP contribution in [0.2, 0.25) is 0 Å². The minimum absolute atomic E-state index is 0.113. The average Bonchev–Trinajstić information content (AvgIpc) is 3.19. The van der Waals surface area contributed by atoms with Gasteiger partial charge in [-0.2, -0.15) is 4.98 Å². The maximum absolute atomic E-state index is 6.33. The van der Waals surface area contributed by atoms with E-state index in [1.165, 1.54) is 0 Å². The van der Waals surface area contributed by atoms with Gasteiger partial charge in [-0.1, -0.05) is 43.3 Å². The summed E-state index contributed by atoms with van der Waals surface area (Å²) in [7, 11) is 1.66. The predicted molar refractivity (Wildman–Crippen MR) is 131 cm³/mol. The zero-order valence-electron chi connectivity index (χ0n) is 18.4. The van der Waals surface area contributed by atoms with Crippen molar-refractivity contribution in [2.24, 2.45) is 0 Å². The number of hydrogen-bond donors (Lipinski definition) is 2. The van der Waals surface area contributed by atoms with Crippen LogP contribution >= 0.6 is 0 Å². The maximum atomic E-state index is 6.33. The molecule has 0 saturated heterocycles. The monoisotopic (exact) mass is 440 g/mol. The largest absolute Gasteiger partial charge is 0.497 e. The molecular formula is C26H24N4O3. The van der Waals surface area contributed by atoms with Crippen LogP contribution in [0.25, 0.3) is 23.1 Å². The van der Waals surface area contributed by atoms with E-state index in [1.807, 2.05) is 66.7 Å². The fourth-order valence-electron chi connectivity index (χ4n) is 4.04. The molecule has 1 aliphatic rings. The number of hydrogen-bond acceptors (Lipinski definition) is 7. The third-order valence-electron chi connectivity index (χ3n) is 5.61. The van der Waals surface area contributed by atoms with Crippen molar-refractivity contribution in [1.29, 1.82) is 0 Å². The van der Waals surface area contributed by atoms with Gasteiger partial charge in [0.15, 0.2) is 0 Å². The molecule has 3 aromatic carbocycles. The fraction of sp³-hybridized carbons (Fsp3) is 0.154. The Balaban J connectivity index is 1.49. The molecule has 0 fully saturated rings. The molecule has 2 heterocycles. The highest BCUT2D eigenvalue weighted by Crippen LogP contribution is 2.47. The van der Waals surface area contributed by atoms with E-state index in [0.717, 1.165) is 22.4 Å². The van der Waals surface area contributed by atoms with Crippen LogP contribution in [0, 0.1) is 0 Å². The summed E-state index contributed by atoms with van der Waals surface area (Å²) in [6.07, 6.45) is 4.07. The van der Waals surface area contributed by atoms with E-state index in [2.05, 4.69) is 16.9 Å². The molecule has 166 valence electrons. The van der Waals surface area contributed by atoms with Gasteiger partial charge in [0.05, 0.1) is 24.6 Å². The van der Waals surface area contributed by atoms with Gasteiger partial charge in [-0.05, 0) is 35.4 Å². The predicted octanol–water partition coefficient (Wildman–Crippen LogP) is 5.26. The molecule has 4 aromatic rings. The van der Waals surface area contributed by atoms with Crippen LogP contribution in [0.5, 0.6) is 23.0 Å². The number of ether oxygens (including phenoxy) is 3. The van der Waals surface area contributed by atoms with Gasteiger partial charge >= 0.3 is 0 Å². The first kappa shape index (κ1) is 20.6. The van der Waals surface area contributed by atoms with Crippen molar-refractivity contribution in [3.63, 3.8) is 0 Å². The van der Waals surface area contributed by atoms with Crippen LogP contribution in [-0.2, 0) is 0 Å². The first-order valence-electron chi connectivity index (χ1n) is 10.6. The fourth-order valence-corrected chi connectivity index (χ4v) is 4.04. The Labute approximate surface area is 191 Å². The van der Waals surface area contributed by atoms with Crippen molar-refractivity contribution >= 4 is 34.8 Å². The van der Waals surface area contributed by atoms with Crippen LogP contribution in [-0.4, -0.2) is 23.7 Å². The summed E-state index contributed by atoms with van der Waals surface area (Å²) in [5, 5.41) is 0.672. The van der Waals surface area contributed by atoms with Gasteiger partial charge in [-0.3, -0.25) is 0 Å². The van der Waals surface area contributed by atoms with Crippen molar-refractivity contribution < 1.29 is 14.2 Å². The first-order valence-corrected chi connectivity index (χ1v) is 10.6. The summed E-state index contributed by atoms with van der Waals surface area (Å²) in [5.74, 6) is 3.43. The highest BCUT2D eigenvalue weighted by molar-refractivity contribution is 5.97. The lowest BCUT2D eigenvalue weighted by Gasteiger charge is -2.14. The highest BCUT2D eigenvalue weighted by Gasteiger charge is 2.29. The van der Waals surface area contributed by atoms with Gasteiger partial charge < -0.3 is 25.7 Å². The van der Waals surface area contributed by atoms with E-state index in [-0.39, 0.29) is 11.9 Å². The molecule has 5 rings (SSSR count). The standard InChI is InChI=1S/C26H24N4O3/c1-15-14-32-24-22(15)21(13-20-23(24)25(27)30-26(28)29-20)33-19-8-4-6-17(12-19)10-9-16-5-3-7-18(11-16)31-2/h3-13,15H,14H2,1-2H3,(H4,27,28,29,30). The number of nitrogens with zero attached hydrogens (tertiary/aromatic N) is 2. The normalized spacial score (nSPS) is 14.9. The highest BCUT2D eigenvalue weighted by atomic mass is 16.5. The minimum Gasteiger partial charge on any atom is -0.497 e. The molecule has 0 spiro atoms. The van der Waals surface area contributed by atoms with Gasteiger partial charge in [0, 0.05) is 17.5 Å². The van der Waals surface area contributed by atoms with Crippen LogP contribution in [0.15, 0.2) is 54.6 Å². The second kappa shape index (κ2) is 8.35. The Morgan fingerprint density at radius 2 is 1.67 bits per heavy atom. The number of methoxy groups -OCH3 is 1. The molecule has 33 heavy (non-hydrogen) atoms. The molecule has 4 N–H and O–H groups in total. The summed E-state index contributed by atoms with van der Waals surface area (Å²) in [4.78, 5) is 8.44. The summed E-state index contributed by atoms with van der Waals surface area (Å²) in [5.41, 5.74) is 15.6. The van der Waals surface area contributed by atoms with Crippen molar-refractivity contribution in [3.8, 4) is 23.0 Å². The van der Waals surface area contributed by atoms with Crippen LogP contribution in [0.3, 0.4) is 0 Å². The minimum atomic E-state index is 0.113. The van der Waals surface area contributed by atoms with Gasteiger partial charge in [0.1, 0.15) is 28.8 Å². The van der Waals surface area contributed by atoms with Gasteiger partial charge in [0.25, 0.3) is 0 Å². The smallest absolute Gasteiger partial charge is 0.222 e. The van der Waals surface area contributed by atoms with E-state index in [1.54, 1.807) is 7.11 Å². The topological polar surface area (TPSA) is 106 Å². The zero-order chi connectivity index (χ0) is 22.9. The summed E-state index contributed by atoms with van der Waals surface area (Å²) < 4.78 is 17.6. The zero-order valence-corrected chi connectivity index (χ0v) is 18.4. The summed E-state index contributed by atoms with van der Waals surface area (Å²) >= 11 is 0. The third-order valence-corrected chi connectivity index (χ3v) is 5.61. The number of anilines is 2. The Kier molecular flexibility index (Phi) is 5.22. The van der Waals surface area contributed by atoms with E-state index in [9.17, 15) is 0 Å². The van der Waals surface area contributed by atoms with Crippen LogP contribution in [0.4, 0.5) is 11.8 Å². The van der Waals surface area contributed by atoms with Gasteiger partial charge in [-0.25, -0.2) is 4.98 Å². The second-order valence-electron chi connectivity index (χ2n) is 7.98. The molecule has 1 aliphatic heterocycles. The number of fused-ring (bicyclic) bond motifs is 3. The molecule has 7 heteroatoms. The molecule has 0 amide bonds. The van der Waals surface area contributed by atoms with Crippen LogP contribution in [0.1, 0.15) is 29.5 Å². The first-order chi connectivity index (χ1) is 16.0. The van der Waals surface area contributed by atoms with Crippen molar-refractivity contribution in [1.82, 2.24) is 9.97 Å². The van der Waals surface area contributed by atoms with Crippen LogP contribution < -0.4 is 25.7 Å². The molecule has 0 aliphatic carbocycles. The number of nitrogens with two attached hydrogens (primary N) is 2. The Bertz CT molecular complexity index is 1380. The molecule has 1 aromatic heterocycles. The Morgan fingerprint density at radius 3 is 2.39 bits per heavy atom. The average molecular weight is 441 g/mol. The quantitative estimate of drug-likeness (QED) is 0.408. The van der Waals surface area contributed by atoms with Crippen molar-refractivity contribution in [3.05, 3.63) is 71.3 Å². The van der Waals surface area contributed by atoms with E-state index in [0.29, 0.717) is 40.6 Å². The second-order valence-corrected chi connectivity index (χ2v) is 7.98. The molecule has 0 saturated carbocycles. The van der Waals surface area contributed by atoms with Crippen molar-refractivity contribution in [2.75, 3.05) is 25.2 Å². The molecule has 1 atom stereocenters. The lowest BCUT2D eigenvalue weighted by atomic mass is 9.99. The van der Waals surface area contributed by atoms with Crippen molar-refractivity contribution in [2.45, 2.75) is 12.8 Å². The van der Waals surface area contributed by atoms with E-state index in [4.69, 9.17) is 25.7 Å². The summed E-state index contributed by atoms with van der Waals surface area (Å²) in [6.45, 7) is 2.63.